The van der Waals surface area contributed by atoms with Crippen LogP contribution in [0.2, 0.25) is 0 Å². The van der Waals surface area contributed by atoms with E-state index in [1.165, 1.54) is 12.1 Å². The minimum atomic E-state index is -4.22. The first kappa shape index (κ1) is 22.0. The molecule has 0 aliphatic carbocycles. The summed E-state index contributed by atoms with van der Waals surface area (Å²) in [4.78, 5) is 11.3. The molecule has 1 N–H and O–H groups in total. The average Bonchev–Trinajstić information content (AvgIpc) is 3.00. The molecule has 0 amide bonds. The minimum absolute atomic E-state index is 0.0449. The lowest BCUT2D eigenvalue weighted by atomic mass is 10.0. The van der Waals surface area contributed by atoms with E-state index in [4.69, 9.17) is 4.52 Å². The number of benzene rings is 2. The van der Waals surface area contributed by atoms with E-state index in [1.807, 2.05) is 6.92 Å². The van der Waals surface area contributed by atoms with Crippen molar-refractivity contribution in [2.45, 2.75) is 45.4 Å². The fraction of sp³-hybridized carbons (Fsp3) is 0.333. The molecule has 3 nitrogen and oxygen atoms in total. The molecule has 29 heavy (non-hydrogen) atoms. The van der Waals surface area contributed by atoms with Crippen molar-refractivity contribution in [3.8, 4) is 0 Å². The summed E-state index contributed by atoms with van der Waals surface area (Å²) in [6.07, 6.45) is 0.0174. The predicted octanol–water partition coefficient (Wildman–Crippen LogP) is 6.91. The SMILES string of the molecule is CCC(C)OP(=O)(O)C(Cc1ccc(F)c(F)c1)c1sc2c(F)cccc2c1C. The van der Waals surface area contributed by atoms with Gasteiger partial charge in [0.05, 0.1) is 16.5 Å². The number of hydrogen-bond donors (Lipinski definition) is 1. The molecule has 156 valence electrons. The van der Waals surface area contributed by atoms with Crippen LogP contribution in [0.1, 0.15) is 41.9 Å². The van der Waals surface area contributed by atoms with Gasteiger partial charge in [0.2, 0.25) is 0 Å². The normalized spacial score (nSPS) is 16.0. The quantitative estimate of drug-likeness (QED) is 0.405. The highest BCUT2D eigenvalue weighted by molar-refractivity contribution is 7.53. The monoisotopic (exact) mass is 442 g/mol. The highest BCUT2D eigenvalue weighted by atomic mass is 32.1. The lowest BCUT2D eigenvalue weighted by Gasteiger charge is -2.25. The van der Waals surface area contributed by atoms with E-state index in [9.17, 15) is 22.6 Å². The minimum Gasteiger partial charge on any atom is -0.324 e. The fourth-order valence-electron chi connectivity index (χ4n) is 3.20. The maximum atomic E-state index is 14.3. The van der Waals surface area contributed by atoms with Crippen LogP contribution in [0.25, 0.3) is 10.1 Å². The number of fused-ring (bicyclic) bond motifs is 1. The number of rotatable bonds is 7. The van der Waals surface area contributed by atoms with Gasteiger partial charge in [0, 0.05) is 4.88 Å². The number of aryl methyl sites for hydroxylation is 1. The average molecular weight is 442 g/mol. The van der Waals surface area contributed by atoms with E-state index in [0.29, 0.717) is 32.5 Å². The lowest BCUT2D eigenvalue weighted by Crippen LogP contribution is -2.12. The molecule has 0 bridgehead atoms. The first-order valence-corrected chi connectivity index (χ1v) is 11.7. The van der Waals surface area contributed by atoms with Crippen molar-refractivity contribution in [2.75, 3.05) is 0 Å². The number of halogens is 3. The van der Waals surface area contributed by atoms with Crippen LogP contribution in [0.5, 0.6) is 0 Å². The van der Waals surface area contributed by atoms with Crippen molar-refractivity contribution >= 4 is 29.0 Å². The number of thiophene rings is 1. The molecule has 3 unspecified atom stereocenters. The second-order valence-electron chi connectivity index (χ2n) is 7.06. The Labute approximate surface area is 171 Å². The Morgan fingerprint density at radius 3 is 2.48 bits per heavy atom. The standard InChI is InChI=1S/C21H22F3O3PS/c1-4-12(2)27-28(25,26)19(11-14-8-9-16(22)18(24)10-14)20-13(3)15-6-5-7-17(23)21(15)29-20/h5-10,12,19H,4,11H2,1-3H3,(H,25,26). The van der Waals surface area contributed by atoms with Gasteiger partial charge in [-0.05, 0) is 61.4 Å². The molecule has 3 rings (SSSR count). The molecule has 3 atom stereocenters. The third-order valence-electron chi connectivity index (χ3n) is 4.97. The van der Waals surface area contributed by atoms with Gasteiger partial charge in [-0.2, -0.15) is 0 Å². The van der Waals surface area contributed by atoms with E-state index >= 15 is 0 Å². The molecular formula is C21H22F3O3PS. The second-order valence-corrected chi connectivity index (χ2v) is 10.1. The summed E-state index contributed by atoms with van der Waals surface area (Å²) >= 11 is 1.09. The first-order valence-electron chi connectivity index (χ1n) is 9.26. The molecule has 1 aromatic heterocycles. The van der Waals surface area contributed by atoms with Gasteiger partial charge in [-0.1, -0.05) is 25.1 Å². The van der Waals surface area contributed by atoms with Crippen LogP contribution in [-0.2, 0) is 15.5 Å². The zero-order valence-electron chi connectivity index (χ0n) is 16.3. The maximum absolute atomic E-state index is 14.3. The Balaban J connectivity index is 2.12. The van der Waals surface area contributed by atoms with Gasteiger partial charge in [0.1, 0.15) is 5.82 Å². The van der Waals surface area contributed by atoms with Crippen LogP contribution in [0, 0.1) is 24.4 Å². The van der Waals surface area contributed by atoms with Crippen molar-refractivity contribution in [3.63, 3.8) is 0 Å². The van der Waals surface area contributed by atoms with Crippen LogP contribution in [0.3, 0.4) is 0 Å². The molecule has 0 spiro atoms. The molecule has 2 aromatic carbocycles. The van der Waals surface area contributed by atoms with Gasteiger partial charge < -0.3 is 9.42 Å². The van der Waals surface area contributed by atoms with Crippen LogP contribution >= 0.6 is 18.9 Å². The summed E-state index contributed by atoms with van der Waals surface area (Å²) in [7, 11) is -4.22. The van der Waals surface area contributed by atoms with E-state index < -0.39 is 36.8 Å². The van der Waals surface area contributed by atoms with Crippen LogP contribution in [0.15, 0.2) is 36.4 Å². The van der Waals surface area contributed by atoms with Crippen molar-refractivity contribution in [3.05, 3.63) is 69.9 Å². The molecule has 0 fully saturated rings. The summed E-state index contributed by atoms with van der Waals surface area (Å²) in [6.45, 7) is 5.28. The Kier molecular flexibility index (Phi) is 6.54. The summed E-state index contributed by atoms with van der Waals surface area (Å²) < 4.78 is 60.4. The second kappa shape index (κ2) is 8.60. The van der Waals surface area contributed by atoms with Crippen LogP contribution in [0.4, 0.5) is 13.2 Å². The van der Waals surface area contributed by atoms with E-state index in [-0.39, 0.29) is 6.42 Å². The molecule has 8 heteroatoms. The van der Waals surface area contributed by atoms with Crippen molar-refractivity contribution in [2.24, 2.45) is 0 Å². The third kappa shape index (κ3) is 4.58. The topological polar surface area (TPSA) is 46.5 Å². The smallest absolute Gasteiger partial charge is 0.324 e. The maximum Gasteiger partial charge on any atom is 0.336 e. The van der Waals surface area contributed by atoms with Gasteiger partial charge in [-0.15, -0.1) is 11.3 Å². The third-order valence-corrected chi connectivity index (χ3v) is 8.46. The van der Waals surface area contributed by atoms with Crippen molar-refractivity contribution in [1.29, 1.82) is 0 Å². The van der Waals surface area contributed by atoms with Crippen molar-refractivity contribution < 1.29 is 27.2 Å². The predicted molar refractivity (Wildman–Crippen MR) is 110 cm³/mol. The van der Waals surface area contributed by atoms with E-state index in [2.05, 4.69) is 0 Å². The zero-order valence-corrected chi connectivity index (χ0v) is 18.0. The highest BCUT2D eigenvalue weighted by Gasteiger charge is 2.38. The highest BCUT2D eigenvalue weighted by Crippen LogP contribution is 2.61. The van der Waals surface area contributed by atoms with Crippen LogP contribution in [-0.4, -0.2) is 11.0 Å². The summed E-state index contributed by atoms with van der Waals surface area (Å²) in [5, 5.41) is 0.656. The molecule has 0 radical (unpaired) electrons. The molecule has 0 saturated heterocycles. The lowest BCUT2D eigenvalue weighted by molar-refractivity contribution is 0.180. The largest absolute Gasteiger partial charge is 0.336 e. The Hall–Kier alpha value is -1.66. The van der Waals surface area contributed by atoms with Gasteiger partial charge in [0.15, 0.2) is 11.6 Å². The molecule has 1 heterocycles. The van der Waals surface area contributed by atoms with E-state index in [1.54, 1.807) is 26.0 Å². The number of hydrogen-bond acceptors (Lipinski definition) is 3. The van der Waals surface area contributed by atoms with Crippen LogP contribution < -0.4 is 0 Å². The Morgan fingerprint density at radius 2 is 1.86 bits per heavy atom. The molecule has 0 aliphatic rings. The summed E-state index contributed by atoms with van der Waals surface area (Å²) in [5.41, 5.74) is 0.00512. The van der Waals surface area contributed by atoms with Gasteiger partial charge in [-0.3, -0.25) is 4.57 Å². The van der Waals surface area contributed by atoms with Gasteiger partial charge >= 0.3 is 7.60 Å². The van der Waals surface area contributed by atoms with Gasteiger partial charge in [-0.25, -0.2) is 13.2 Å². The molecule has 0 saturated carbocycles. The summed E-state index contributed by atoms with van der Waals surface area (Å²) in [5.74, 6) is -2.44. The van der Waals surface area contributed by atoms with E-state index in [0.717, 1.165) is 23.5 Å². The Morgan fingerprint density at radius 1 is 1.14 bits per heavy atom. The molecular weight excluding hydrogens is 420 g/mol. The fourth-order valence-corrected chi connectivity index (χ4v) is 6.70. The first-order chi connectivity index (χ1) is 13.6. The van der Waals surface area contributed by atoms with Crippen molar-refractivity contribution in [1.82, 2.24) is 0 Å². The summed E-state index contributed by atoms with van der Waals surface area (Å²) in [6, 6.07) is 8.03. The zero-order chi connectivity index (χ0) is 21.3. The van der Waals surface area contributed by atoms with Gasteiger partial charge in [0.25, 0.3) is 0 Å². The Bertz CT molecular complexity index is 1080. The molecule has 3 aromatic rings. The molecule has 0 aliphatic heterocycles.